The van der Waals surface area contributed by atoms with Crippen molar-refractivity contribution in [3.05, 3.63) is 35.4 Å². The summed E-state index contributed by atoms with van der Waals surface area (Å²) in [5.74, 6) is -0.414. The summed E-state index contributed by atoms with van der Waals surface area (Å²) in [6.45, 7) is 1.99. The molecular formula is C11H11NO2. The summed E-state index contributed by atoms with van der Waals surface area (Å²) in [6.07, 6.45) is 2.13. The van der Waals surface area contributed by atoms with Gasteiger partial charge in [0.15, 0.2) is 0 Å². The van der Waals surface area contributed by atoms with Crippen molar-refractivity contribution in [2.45, 2.75) is 19.8 Å². The number of aliphatic imine (C=N–C) groups is 1. The van der Waals surface area contributed by atoms with Crippen LogP contribution in [0.5, 0.6) is 0 Å². The maximum absolute atomic E-state index is 10.9. The third-order valence-corrected chi connectivity index (χ3v) is 2.04. The zero-order valence-corrected chi connectivity index (χ0v) is 7.99. The van der Waals surface area contributed by atoms with E-state index in [4.69, 9.17) is 0 Å². The number of hydrogen-bond acceptors (Lipinski definition) is 2. The molecule has 0 N–H and O–H groups in total. The van der Waals surface area contributed by atoms with Crippen LogP contribution in [0.1, 0.15) is 17.5 Å². The summed E-state index contributed by atoms with van der Waals surface area (Å²) in [5, 5.41) is 0. The van der Waals surface area contributed by atoms with Gasteiger partial charge in [0.25, 0.3) is 5.91 Å². The average molecular weight is 189 g/mol. The Hall–Kier alpha value is -1.73. The Kier molecular flexibility index (Phi) is 3.77. The summed E-state index contributed by atoms with van der Waals surface area (Å²) in [4.78, 5) is 23.7. The van der Waals surface area contributed by atoms with Gasteiger partial charge >= 0.3 is 0 Å². The van der Waals surface area contributed by atoms with Crippen LogP contribution in [-0.2, 0) is 16.0 Å². The molecule has 0 heterocycles. The van der Waals surface area contributed by atoms with Gasteiger partial charge in [-0.15, -0.1) is 4.99 Å². The van der Waals surface area contributed by atoms with E-state index in [9.17, 15) is 9.59 Å². The molecule has 0 aliphatic rings. The lowest BCUT2D eigenvalue weighted by molar-refractivity contribution is -0.117. The standard InChI is InChI=1S/C11H11NO2/c1-9-4-2-3-5-10(9)6-7-11(14)12-8-13/h2-5H,6-7H2,1H3. The predicted molar refractivity (Wildman–Crippen MR) is 52.6 cm³/mol. The number of aryl methyl sites for hydroxylation is 2. The fraction of sp³-hybridized carbons (Fsp3) is 0.273. The minimum atomic E-state index is -0.414. The van der Waals surface area contributed by atoms with Gasteiger partial charge in [-0.05, 0) is 24.5 Å². The van der Waals surface area contributed by atoms with Crippen LogP contribution in [0.15, 0.2) is 29.3 Å². The van der Waals surface area contributed by atoms with Crippen LogP contribution in [0, 0.1) is 6.92 Å². The van der Waals surface area contributed by atoms with Gasteiger partial charge in [-0.25, -0.2) is 4.79 Å². The Morgan fingerprint density at radius 1 is 1.43 bits per heavy atom. The molecule has 3 heteroatoms. The molecule has 1 aromatic rings. The highest BCUT2D eigenvalue weighted by Crippen LogP contribution is 2.09. The number of isocyanates is 1. The van der Waals surface area contributed by atoms with Crippen LogP contribution in [0.25, 0.3) is 0 Å². The molecule has 0 fully saturated rings. The number of rotatable bonds is 3. The second kappa shape index (κ2) is 5.10. The Morgan fingerprint density at radius 3 is 2.79 bits per heavy atom. The minimum Gasteiger partial charge on any atom is -0.272 e. The van der Waals surface area contributed by atoms with Crippen molar-refractivity contribution in [2.75, 3.05) is 0 Å². The van der Waals surface area contributed by atoms with Crippen LogP contribution in [-0.4, -0.2) is 12.0 Å². The number of nitrogens with zero attached hydrogens (tertiary/aromatic N) is 1. The summed E-state index contributed by atoms with van der Waals surface area (Å²) in [5.41, 5.74) is 2.26. The van der Waals surface area contributed by atoms with Gasteiger partial charge in [-0.1, -0.05) is 24.3 Å². The molecule has 72 valence electrons. The predicted octanol–water partition coefficient (Wildman–Crippen LogP) is 1.79. The van der Waals surface area contributed by atoms with Gasteiger partial charge in [0.05, 0.1) is 0 Å². The van der Waals surface area contributed by atoms with E-state index < -0.39 is 5.91 Å². The zero-order valence-electron chi connectivity index (χ0n) is 7.99. The molecule has 0 radical (unpaired) electrons. The third kappa shape index (κ3) is 2.96. The second-order valence-corrected chi connectivity index (χ2v) is 3.02. The highest BCUT2D eigenvalue weighted by atomic mass is 16.2. The summed E-state index contributed by atoms with van der Waals surface area (Å²) < 4.78 is 0. The number of amides is 1. The van der Waals surface area contributed by atoms with Crippen molar-refractivity contribution >= 4 is 12.0 Å². The van der Waals surface area contributed by atoms with Crippen LogP contribution >= 0.6 is 0 Å². The Balaban J connectivity index is 2.58. The van der Waals surface area contributed by atoms with Crippen LogP contribution in [0.3, 0.4) is 0 Å². The van der Waals surface area contributed by atoms with Crippen LogP contribution < -0.4 is 0 Å². The molecule has 0 aromatic heterocycles. The lowest BCUT2D eigenvalue weighted by atomic mass is 10.0. The van der Waals surface area contributed by atoms with E-state index in [-0.39, 0.29) is 6.42 Å². The van der Waals surface area contributed by atoms with Gasteiger partial charge in [0.2, 0.25) is 6.08 Å². The SMILES string of the molecule is Cc1ccccc1CCC(=O)N=C=O. The molecule has 0 atom stereocenters. The third-order valence-electron chi connectivity index (χ3n) is 2.04. The van der Waals surface area contributed by atoms with E-state index in [1.807, 2.05) is 31.2 Å². The van der Waals surface area contributed by atoms with Crippen molar-refractivity contribution < 1.29 is 9.59 Å². The van der Waals surface area contributed by atoms with E-state index in [0.717, 1.165) is 11.1 Å². The maximum atomic E-state index is 10.9. The van der Waals surface area contributed by atoms with E-state index in [2.05, 4.69) is 4.99 Å². The largest absolute Gasteiger partial charge is 0.272 e. The number of benzene rings is 1. The Morgan fingerprint density at radius 2 is 2.14 bits per heavy atom. The maximum Gasteiger partial charge on any atom is 0.256 e. The second-order valence-electron chi connectivity index (χ2n) is 3.02. The lowest BCUT2D eigenvalue weighted by Gasteiger charge is -2.02. The quantitative estimate of drug-likeness (QED) is 0.537. The number of carbonyl (C=O) groups is 1. The van der Waals surface area contributed by atoms with E-state index >= 15 is 0 Å². The Bertz CT molecular complexity index is 379. The van der Waals surface area contributed by atoms with Gasteiger partial charge in [-0.2, -0.15) is 0 Å². The monoisotopic (exact) mass is 189 g/mol. The van der Waals surface area contributed by atoms with E-state index in [1.165, 1.54) is 6.08 Å². The topological polar surface area (TPSA) is 46.5 Å². The molecule has 1 amide bonds. The first-order valence-corrected chi connectivity index (χ1v) is 4.39. The summed E-state index contributed by atoms with van der Waals surface area (Å²) in [6, 6.07) is 7.83. The molecule has 0 aliphatic carbocycles. The molecule has 0 saturated heterocycles. The van der Waals surface area contributed by atoms with E-state index in [0.29, 0.717) is 6.42 Å². The number of carbonyl (C=O) groups excluding carboxylic acids is 2. The van der Waals surface area contributed by atoms with E-state index in [1.54, 1.807) is 0 Å². The molecule has 0 aliphatic heterocycles. The van der Waals surface area contributed by atoms with Crippen molar-refractivity contribution in [3.63, 3.8) is 0 Å². The fourth-order valence-electron chi connectivity index (χ4n) is 1.24. The molecule has 0 spiro atoms. The average Bonchev–Trinajstić information content (AvgIpc) is 2.17. The molecule has 0 bridgehead atoms. The lowest BCUT2D eigenvalue weighted by Crippen LogP contribution is -1.97. The molecule has 14 heavy (non-hydrogen) atoms. The first-order valence-electron chi connectivity index (χ1n) is 4.39. The van der Waals surface area contributed by atoms with Crippen molar-refractivity contribution in [3.8, 4) is 0 Å². The van der Waals surface area contributed by atoms with Crippen molar-refractivity contribution in [1.29, 1.82) is 0 Å². The molecule has 3 nitrogen and oxygen atoms in total. The number of hydrogen-bond donors (Lipinski definition) is 0. The van der Waals surface area contributed by atoms with Gasteiger partial charge in [-0.3, -0.25) is 4.79 Å². The molecule has 0 saturated carbocycles. The first-order chi connectivity index (χ1) is 6.74. The summed E-state index contributed by atoms with van der Waals surface area (Å²) >= 11 is 0. The van der Waals surface area contributed by atoms with Crippen LogP contribution in [0.2, 0.25) is 0 Å². The van der Waals surface area contributed by atoms with Crippen molar-refractivity contribution in [1.82, 2.24) is 0 Å². The molecule has 1 rings (SSSR count). The highest BCUT2D eigenvalue weighted by molar-refractivity contribution is 5.81. The van der Waals surface area contributed by atoms with Gasteiger partial charge < -0.3 is 0 Å². The Labute approximate surface area is 82.5 Å². The molecule has 0 unspecified atom stereocenters. The fourth-order valence-corrected chi connectivity index (χ4v) is 1.24. The van der Waals surface area contributed by atoms with Crippen molar-refractivity contribution in [2.24, 2.45) is 4.99 Å². The zero-order chi connectivity index (χ0) is 10.4. The molecule has 1 aromatic carbocycles. The van der Waals surface area contributed by atoms with Gasteiger partial charge in [0.1, 0.15) is 0 Å². The first kappa shape index (κ1) is 10.4. The smallest absolute Gasteiger partial charge is 0.256 e. The highest BCUT2D eigenvalue weighted by Gasteiger charge is 2.01. The molecular weight excluding hydrogens is 178 g/mol. The summed E-state index contributed by atoms with van der Waals surface area (Å²) in [7, 11) is 0. The van der Waals surface area contributed by atoms with Crippen LogP contribution in [0.4, 0.5) is 0 Å². The minimum absolute atomic E-state index is 0.264. The van der Waals surface area contributed by atoms with Gasteiger partial charge in [0, 0.05) is 6.42 Å². The normalized spacial score (nSPS) is 9.21.